The zero-order chi connectivity index (χ0) is 26.1. The number of ether oxygens (including phenoxy) is 1. The van der Waals surface area contributed by atoms with Gasteiger partial charge in [0, 0.05) is 29.0 Å². The number of carbonyl (C=O) groups excluding carboxylic acids is 3. The number of rotatable bonds is 12. The fourth-order valence-electron chi connectivity index (χ4n) is 3.89. The van der Waals surface area contributed by atoms with Crippen LogP contribution in [0.5, 0.6) is 0 Å². The number of carboxylic acids is 1. The normalized spacial score (nSPS) is 18.4. The number of carboxylic acid groups (broad SMARTS) is 1. The van der Waals surface area contributed by atoms with Crippen LogP contribution in [0.4, 0.5) is 4.39 Å². The topological polar surface area (TPSA) is 139 Å². The average Bonchev–Trinajstić information content (AvgIpc) is 3.37. The molecule has 3 atom stereocenters. The van der Waals surface area contributed by atoms with Gasteiger partial charge in [0.1, 0.15) is 25.1 Å². The van der Waals surface area contributed by atoms with E-state index in [0.29, 0.717) is 25.1 Å². The Hall–Kier alpha value is -2.96. The molecule has 3 amide bonds. The number of nitrogens with two attached hydrogens (primary N) is 1. The number of hydrogen-bond donors (Lipinski definition) is 3. The molecule has 2 aromatic rings. The number of likely N-dealkylation sites (tertiary alicyclic amines) is 1. The fourth-order valence-corrected chi connectivity index (χ4v) is 5.93. The molecule has 194 valence electrons. The second kappa shape index (κ2) is 13.4. The van der Waals surface area contributed by atoms with E-state index in [4.69, 9.17) is 15.6 Å². The molecular weight excluding hydrogens is 509 g/mol. The molecule has 0 bridgehead atoms. The summed E-state index contributed by atoms with van der Waals surface area (Å²) >= 11 is 2.98. The van der Waals surface area contributed by atoms with Gasteiger partial charge in [0.2, 0.25) is 17.7 Å². The Morgan fingerprint density at radius 1 is 1.22 bits per heavy atom. The van der Waals surface area contributed by atoms with Gasteiger partial charge in [0.15, 0.2) is 0 Å². The monoisotopic (exact) mass is 537 g/mol. The van der Waals surface area contributed by atoms with Gasteiger partial charge in [-0.1, -0.05) is 18.2 Å². The van der Waals surface area contributed by atoms with Crippen molar-refractivity contribution in [2.75, 3.05) is 26.3 Å². The minimum atomic E-state index is -1.20. The second-order valence-electron chi connectivity index (χ2n) is 8.29. The molecule has 0 radical (unpaired) electrons. The fraction of sp³-hybridized carbons (Fsp3) is 0.417. The Balaban J connectivity index is 1.66. The van der Waals surface area contributed by atoms with Crippen LogP contribution in [0.1, 0.15) is 29.2 Å². The highest BCUT2D eigenvalue weighted by molar-refractivity contribution is 7.99. The van der Waals surface area contributed by atoms with Crippen LogP contribution in [-0.4, -0.2) is 71.3 Å². The molecule has 2 heterocycles. The molecule has 0 aliphatic carbocycles. The van der Waals surface area contributed by atoms with Crippen molar-refractivity contribution in [3.05, 3.63) is 58.0 Å². The first-order chi connectivity index (χ1) is 17.2. The maximum atomic E-state index is 13.2. The van der Waals surface area contributed by atoms with E-state index in [1.807, 2.05) is 5.38 Å². The zero-order valence-electron chi connectivity index (χ0n) is 19.4. The van der Waals surface area contributed by atoms with E-state index in [-0.39, 0.29) is 17.6 Å². The standard InChI is InChI=1S/C24H28FN3O6S2/c25-16-5-3-15(4-6-16)14-36-17-7-8-28(21(29)12-34-13-22(30)31)19(10-17)24(33)27-11-18(23(26)32)20-2-1-9-35-20/h1-6,9,17-19H,7-8,10-14H2,(H2,26,32)(H,27,33)(H,30,31)/t17-,18-,19-/m0/s1. The number of hydrogen-bond acceptors (Lipinski definition) is 7. The summed E-state index contributed by atoms with van der Waals surface area (Å²) < 4.78 is 18.1. The lowest BCUT2D eigenvalue weighted by atomic mass is 10.00. The number of benzene rings is 1. The largest absolute Gasteiger partial charge is 0.480 e. The van der Waals surface area contributed by atoms with Gasteiger partial charge in [-0.05, 0) is 42.0 Å². The van der Waals surface area contributed by atoms with Crippen molar-refractivity contribution in [2.24, 2.45) is 5.73 Å². The van der Waals surface area contributed by atoms with Gasteiger partial charge < -0.3 is 25.8 Å². The highest BCUT2D eigenvalue weighted by atomic mass is 32.2. The number of thiophene rings is 1. The summed E-state index contributed by atoms with van der Waals surface area (Å²) in [6.07, 6.45) is 0.988. The van der Waals surface area contributed by atoms with Crippen molar-refractivity contribution in [3.8, 4) is 0 Å². The number of piperidine rings is 1. The molecule has 0 unspecified atom stereocenters. The van der Waals surface area contributed by atoms with Crippen LogP contribution in [0, 0.1) is 5.82 Å². The van der Waals surface area contributed by atoms with Crippen LogP contribution < -0.4 is 11.1 Å². The zero-order valence-corrected chi connectivity index (χ0v) is 21.1. The minimum absolute atomic E-state index is 0.00386. The predicted octanol–water partition coefficient (Wildman–Crippen LogP) is 1.97. The first-order valence-corrected chi connectivity index (χ1v) is 13.2. The maximum Gasteiger partial charge on any atom is 0.329 e. The number of halogens is 1. The van der Waals surface area contributed by atoms with Crippen LogP contribution >= 0.6 is 23.1 Å². The van der Waals surface area contributed by atoms with Gasteiger partial charge in [-0.25, -0.2) is 9.18 Å². The van der Waals surface area contributed by atoms with Gasteiger partial charge in [0.05, 0.1) is 5.92 Å². The summed E-state index contributed by atoms with van der Waals surface area (Å²) in [5, 5.41) is 13.4. The number of nitrogens with zero attached hydrogens (tertiary/aromatic N) is 1. The van der Waals surface area contributed by atoms with Gasteiger partial charge in [-0.3, -0.25) is 14.4 Å². The van der Waals surface area contributed by atoms with Crippen LogP contribution in [-0.2, 0) is 29.7 Å². The lowest BCUT2D eigenvalue weighted by molar-refractivity contribution is -0.150. The van der Waals surface area contributed by atoms with Gasteiger partial charge in [0.25, 0.3) is 0 Å². The summed E-state index contributed by atoms with van der Waals surface area (Å²) in [4.78, 5) is 50.8. The number of amides is 3. The van der Waals surface area contributed by atoms with Crippen LogP contribution in [0.3, 0.4) is 0 Å². The molecule has 9 nitrogen and oxygen atoms in total. The summed E-state index contributed by atoms with van der Waals surface area (Å²) in [6, 6.07) is 8.95. The lowest BCUT2D eigenvalue weighted by Gasteiger charge is -2.38. The van der Waals surface area contributed by atoms with E-state index in [9.17, 15) is 23.6 Å². The van der Waals surface area contributed by atoms with Crippen LogP contribution in [0.15, 0.2) is 41.8 Å². The molecular formula is C24H28FN3O6S2. The molecule has 1 saturated heterocycles. The maximum absolute atomic E-state index is 13.2. The smallest absolute Gasteiger partial charge is 0.329 e. The molecule has 1 fully saturated rings. The molecule has 0 saturated carbocycles. The first-order valence-electron chi connectivity index (χ1n) is 11.3. The second-order valence-corrected chi connectivity index (χ2v) is 10.6. The van der Waals surface area contributed by atoms with E-state index in [1.54, 1.807) is 36.0 Å². The number of primary amides is 1. The van der Waals surface area contributed by atoms with E-state index in [0.717, 1.165) is 10.4 Å². The lowest BCUT2D eigenvalue weighted by Crippen LogP contribution is -2.55. The summed E-state index contributed by atoms with van der Waals surface area (Å²) in [6.45, 7) is -0.787. The van der Waals surface area contributed by atoms with Crippen molar-refractivity contribution in [3.63, 3.8) is 0 Å². The molecule has 0 spiro atoms. The molecule has 1 aliphatic heterocycles. The summed E-state index contributed by atoms with van der Waals surface area (Å²) in [7, 11) is 0. The molecule has 4 N–H and O–H groups in total. The van der Waals surface area contributed by atoms with E-state index in [2.05, 4.69) is 5.32 Å². The number of thioether (sulfide) groups is 1. The number of aliphatic carboxylic acids is 1. The van der Waals surface area contributed by atoms with E-state index < -0.39 is 48.9 Å². The van der Waals surface area contributed by atoms with Crippen molar-refractivity contribution < 1.29 is 33.4 Å². The molecule has 1 aromatic heterocycles. The quantitative estimate of drug-likeness (QED) is 0.376. The third-order valence-electron chi connectivity index (χ3n) is 5.74. The van der Waals surface area contributed by atoms with Crippen molar-refractivity contribution in [1.29, 1.82) is 0 Å². The first kappa shape index (κ1) is 27.6. The minimum Gasteiger partial charge on any atom is -0.480 e. The average molecular weight is 538 g/mol. The number of nitrogens with one attached hydrogen (secondary N) is 1. The van der Waals surface area contributed by atoms with Crippen molar-refractivity contribution in [2.45, 2.75) is 35.8 Å². The highest BCUT2D eigenvalue weighted by Gasteiger charge is 2.37. The third-order valence-corrected chi connectivity index (χ3v) is 8.12. The number of carbonyl (C=O) groups is 4. The summed E-state index contributed by atoms with van der Waals surface area (Å²) in [5.74, 6) is -3.04. The molecule has 1 aliphatic rings. The van der Waals surface area contributed by atoms with E-state index >= 15 is 0 Å². The predicted molar refractivity (Wildman–Crippen MR) is 134 cm³/mol. The molecule has 1 aromatic carbocycles. The van der Waals surface area contributed by atoms with Crippen LogP contribution in [0.25, 0.3) is 0 Å². The van der Waals surface area contributed by atoms with Crippen LogP contribution in [0.2, 0.25) is 0 Å². The van der Waals surface area contributed by atoms with E-state index in [1.165, 1.54) is 28.4 Å². The van der Waals surface area contributed by atoms with Gasteiger partial charge in [-0.2, -0.15) is 11.8 Å². The Morgan fingerprint density at radius 3 is 2.61 bits per heavy atom. The van der Waals surface area contributed by atoms with Crippen molar-refractivity contribution >= 4 is 46.8 Å². The summed E-state index contributed by atoms with van der Waals surface area (Å²) in [5.41, 5.74) is 6.48. The SMILES string of the molecule is NC(=O)[C@@H](CNC(=O)[C@@H]1C[C@@H](SCc2ccc(F)cc2)CCN1C(=O)COCC(=O)O)c1cccs1. The van der Waals surface area contributed by atoms with Gasteiger partial charge >= 0.3 is 5.97 Å². The van der Waals surface area contributed by atoms with Gasteiger partial charge in [-0.15, -0.1) is 11.3 Å². The third kappa shape index (κ3) is 8.04. The Bertz CT molecular complexity index is 1050. The molecule has 12 heteroatoms. The molecule has 36 heavy (non-hydrogen) atoms. The van der Waals surface area contributed by atoms with Crippen molar-refractivity contribution in [1.82, 2.24) is 10.2 Å². The Morgan fingerprint density at radius 2 is 1.97 bits per heavy atom. The highest BCUT2D eigenvalue weighted by Crippen LogP contribution is 2.30. The molecule has 3 rings (SSSR count). The Labute approximate surface area is 216 Å². The Kier molecular flexibility index (Phi) is 10.3.